The fraction of sp³-hybridized carbons (Fsp3) is 0.133. The van der Waals surface area contributed by atoms with Gasteiger partial charge in [0.05, 0.1) is 19.1 Å². The maximum atomic E-state index is 11.2. The summed E-state index contributed by atoms with van der Waals surface area (Å²) in [5.74, 6) is 1.24. The minimum atomic E-state index is -3.72. The normalized spacial score (nSPS) is 10.8. The van der Waals surface area contributed by atoms with Crippen LogP contribution in [0.1, 0.15) is 0 Å². The Labute approximate surface area is 145 Å². The molecule has 0 heterocycles. The molecule has 0 aliphatic heterocycles. The molecule has 0 aliphatic rings. The number of hydrogen-bond acceptors (Lipinski definition) is 5. The Hall–Kier alpha value is -2.36. The zero-order valence-electron chi connectivity index (χ0n) is 13.1. The SMILES string of the molecule is COc1cc(NC(=S)Nc2ccc(S(N)(=O)=O)cc2)cc(OC)c1. The molecule has 0 saturated heterocycles. The predicted molar refractivity (Wildman–Crippen MR) is 97.2 cm³/mol. The number of anilines is 2. The Kier molecular flexibility index (Phi) is 5.60. The molecule has 2 aromatic rings. The van der Waals surface area contributed by atoms with Crippen LogP contribution in [-0.2, 0) is 10.0 Å². The lowest BCUT2D eigenvalue weighted by atomic mass is 10.3. The highest BCUT2D eigenvalue weighted by molar-refractivity contribution is 7.89. The van der Waals surface area contributed by atoms with Gasteiger partial charge in [0.25, 0.3) is 0 Å². The van der Waals surface area contributed by atoms with E-state index in [4.69, 9.17) is 26.8 Å². The van der Waals surface area contributed by atoms with Crippen molar-refractivity contribution in [3.63, 3.8) is 0 Å². The van der Waals surface area contributed by atoms with Crippen molar-refractivity contribution in [2.24, 2.45) is 5.14 Å². The van der Waals surface area contributed by atoms with E-state index in [1.807, 2.05) is 0 Å². The average Bonchev–Trinajstić information content (AvgIpc) is 2.53. The number of hydrogen-bond donors (Lipinski definition) is 3. The maximum absolute atomic E-state index is 11.2. The van der Waals surface area contributed by atoms with Gasteiger partial charge in [-0.05, 0) is 36.5 Å². The van der Waals surface area contributed by atoms with Crippen LogP contribution in [0.2, 0.25) is 0 Å². The van der Waals surface area contributed by atoms with Gasteiger partial charge in [-0.2, -0.15) is 0 Å². The Bertz CT molecular complexity index is 814. The molecule has 128 valence electrons. The fourth-order valence-corrected chi connectivity index (χ4v) is 2.65. The molecule has 24 heavy (non-hydrogen) atoms. The highest BCUT2D eigenvalue weighted by Gasteiger charge is 2.08. The Morgan fingerprint density at radius 3 is 1.92 bits per heavy atom. The highest BCUT2D eigenvalue weighted by Crippen LogP contribution is 2.26. The standard InChI is InChI=1S/C15H17N3O4S2/c1-21-12-7-11(8-13(9-12)22-2)18-15(23)17-10-3-5-14(6-4-10)24(16,19)20/h3-9H,1-2H3,(H2,16,19,20)(H2,17,18,23). The molecule has 4 N–H and O–H groups in total. The van der Waals surface area contributed by atoms with Gasteiger partial charge in [-0.25, -0.2) is 13.6 Å². The van der Waals surface area contributed by atoms with Gasteiger partial charge in [0.2, 0.25) is 10.0 Å². The number of ether oxygens (including phenoxy) is 2. The van der Waals surface area contributed by atoms with E-state index in [1.54, 1.807) is 44.6 Å². The van der Waals surface area contributed by atoms with Crippen molar-refractivity contribution < 1.29 is 17.9 Å². The summed E-state index contributed by atoms with van der Waals surface area (Å²) >= 11 is 5.24. The Morgan fingerprint density at radius 2 is 1.46 bits per heavy atom. The summed E-state index contributed by atoms with van der Waals surface area (Å²) in [5.41, 5.74) is 1.31. The summed E-state index contributed by atoms with van der Waals surface area (Å²) < 4.78 is 32.8. The first-order chi connectivity index (χ1) is 11.3. The van der Waals surface area contributed by atoms with Crippen LogP contribution in [0.15, 0.2) is 47.4 Å². The third-order valence-electron chi connectivity index (χ3n) is 3.05. The third-order valence-corrected chi connectivity index (χ3v) is 4.18. The van der Waals surface area contributed by atoms with Crippen molar-refractivity contribution in [3.8, 4) is 11.5 Å². The molecule has 0 aromatic heterocycles. The van der Waals surface area contributed by atoms with Gasteiger partial charge in [0.1, 0.15) is 11.5 Å². The number of sulfonamides is 1. The summed E-state index contributed by atoms with van der Waals surface area (Å²) in [6, 6.07) is 11.2. The van der Waals surface area contributed by atoms with E-state index in [1.165, 1.54) is 12.1 Å². The van der Waals surface area contributed by atoms with Gasteiger partial charge in [-0.15, -0.1) is 0 Å². The first-order valence-corrected chi connectivity index (χ1v) is 8.71. The summed E-state index contributed by atoms with van der Waals surface area (Å²) in [5, 5.41) is 11.3. The average molecular weight is 367 g/mol. The first kappa shape index (κ1) is 18.0. The molecule has 0 saturated carbocycles. The van der Waals surface area contributed by atoms with Gasteiger partial charge >= 0.3 is 0 Å². The van der Waals surface area contributed by atoms with Crippen molar-refractivity contribution in [1.82, 2.24) is 0 Å². The second kappa shape index (κ2) is 7.47. The van der Waals surface area contributed by atoms with Crippen molar-refractivity contribution in [3.05, 3.63) is 42.5 Å². The van der Waals surface area contributed by atoms with E-state index in [2.05, 4.69) is 10.6 Å². The van der Waals surface area contributed by atoms with Crippen molar-refractivity contribution >= 4 is 38.7 Å². The molecule has 0 spiro atoms. The van der Waals surface area contributed by atoms with Gasteiger partial charge in [0, 0.05) is 29.6 Å². The number of rotatable bonds is 5. The van der Waals surface area contributed by atoms with Crippen LogP contribution >= 0.6 is 12.2 Å². The summed E-state index contributed by atoms with van der Waals surface area (Å²) in [4.78, 5) is 0.0319. The topological polar surface area (TPSA) is 103 Å². The number of nitrogens with one attached hydrogen (secondary N) is 2. The minimum absolute atomic E-state index is 0.0319. The smallest absolute Gasteiger partial charge is 0.238 e. The molecule has 2 rings (SSSR count). The van der Waals surface area contributed by atoms with E-state index in [9.17, 15) is 8.42 Å². The number of nitrogens with two attached hydrogens (primary N) is 1. The van der Waals surface area contributed by atoms with Crippen LogP contribution in [-0.4, -0.2) is 27.7 Å². The Morgan fingerprint density at radius 1 is 0.958 bits per heavy atom. The quantitative estimate of drug-likeness (QED) is 0.696. The van der Waals surface area contributed by atoms with Gasteiger partial charge < -0.3 is 20.1 Å². The molecule has 2 aromatic carbocycles. The lowest BCUT2D eigenvalue weighted by Crippen LogP contribution is -2.19. The number of methoxy groups -OCH3 is 2. The van der Waals surface area contributed by atoms with Crippen molar-refractivity contribution in [1.29, 1.82) is 0 Å². The van der Waals surface area contributed by atoms with Crippen LogP contribution in [0.4, 0.5) is 11.4 Å². The summed E-state index contributed by atoms with van der Waals surface area (Å²) in [7, 11) is -0.601. The minimum Gasteiger partial charge on any atom is -0.497 e. The zero-order valence-corrected chi connectivity index (χ0v) is 14.7. The predicted octanol–water partition coefficient (Wildman–Crippen LogP) is 2.16. The molecule has 0 fully saturated rings. The van der Waals surface area contributed by atoms with Crippen LogP contribution in [0, 0.1) is 0 Å². The Balaban J connectivity index is 2.08. The molecule has 0 amide bonds. The largest absolute Gasteiger partial charge is 0.497 e. The van der Waals surface area contributed by atoms with E-state index in [0.29, 0.717) is 28.0 Å². The monoisotopic (exact) mass is 367 g/mol. The lowest BCUT2D eigenvalue weighted by Gasteiger charge is -2.13. The molecule has 0 aliphatic carbocycles. The van der Waals surface area contributed by atoms with Crippen molar-refractivity contribution in [2.45, 2.75) is 4.90 Å². The molecule has 0 radical (unpaired) electrons. The van der Waals surface area contributed by atoms with Gasteiger partial charge in [0.15, 0.2) is 5.11 Å². The van der Waals surface area contributed by atoms with Gasteiger partial charge in [-0.3, -0.25) is 0 Å². The third kappa shape index (κ3) is 4.82. The maximum Gasteiger partial charge on any atom is 0.238 e. The van der Waals surface area contributed by atoms with E-state index in [-0.39, 0.29) is 4.90 Å². The molecule has 0 unspecified atom stereocenters. The van der Waals surface area contributed by atoms with Crippen LogP contribution in [0.25, 0.3) is 0 Å². The van der Waals surface area contributed by atoms with Crippen molar-refractivity contribution in [2.75, 3.05) is 24.9 Å². The molecule has 7 nitrogen and oxygen atoms in total. The molecule has 0 atom stereocenters. The molecular formula is C15H17N3O4S2. The fourth-order valence-electron chi connectivity index (χ4n) is 1.90. The van der Waals surface area contributed by atoms with E-state index >= 15 is 0 Å². The lowest BCUT2D eigenvalue weighted by molar-refractivity contribution is 0.395. The van der Waals surface area contributed by atoms with E-state index < -0.39 is 10.0 Å². The molecule has 0 bridgehead atoms. The molecule has 9 heteroatoms. The second-order valence-electron chi connectivity index (χ2n) is 4.75. The van der Waals surface area contributed by atoms with E-state index in [0.717, 1.165) is 0 Å². The van der Waals surface area contributed by atoms with Crippen LogP contribution < -0.4 is 25.2 Å². The highest BCUT2D eigenvalue weighted by atomic mass is 32.2. The summed E-state index contributed by atoms with van der Waals surface area (Å²) in [6.07, 6.45) is 0. The number of benzene rings is 2. The number of thiocarbonyl (C=S) groups is 1. The number of primary sulfonamides is 1. The second-order valence-corrected chi connectivity index (χ2v) is 6.72. The van der Waals surface area contributed by atoms with Gasteiger partial charge in [-0.1, -0.05) is 0 Å². The molecular weight excluding hydrogens is 350 g/mol. The summed E-state index contributed by atoms with van der Waals surface area (Å²) in [6.45, 7) is 0. The zero-order chi connectivity index (χ0) is 17.7. The first-order valence-electron chi connectivity index (χ1n) is 6.76. The van der Waals surface area contributed by atoms with Crippen LogP contribution in [0.5, 0.6) is 11.5 Å². The van der Waals surface area contributed by atoms with Crippen LogP contribution in [0.3, 0.4) is 0 Å².